The number of ether oxygens (including phenoxy) is 1. The van der Waals surface area contributed by atoms with Crippen LogP contribution in [-0.2, 0) is 20.9 Å². The highest BCUT2D eigenvalue weighted by atomic mass is 32.1. The van der Waals surface area contributed by atoms with Gasteiger partial charge in [0.05, 0.1) is 11.4 Å². The summed E-state index contributed by atoms with van der Waals surface area (Å²) in [7, 11) is 0. The van der Waals surface area contributed by atoms with Crippen molar-refractivity contribution in [3.05, 3.63) is 66.2 Å². The molecule has 2 aromatic rings. The molecule has 0 unspecified atom stereocenters. The zero-order chi connectivity index (χ0) is 23.9. The third-order valence-corrected chi connectivity index (χ3v) is 5.02. The van der Waals surface area contributed by atoms with E-state index in [9.17, 15) is 14.4 Å². The average molecular weight is 472 g/mol. The largest absolute Gasteiger partial charge is 0.481 e. The summed E-state index contributed by atoms with van der Waals surface area (Å²) in [6.45, 7) is 0.668. The fraction of sp³-hybridized carbons (Fsp3) is 0.333. The van der Waals surface area contributed by atoms with Gasteiger partial charge in [0, 0.05) is 18.7 Å². The predicted molar refractivity (Wildman–Crippen MR) is 130 cm³/mol. The zero-order valence-electron chi connectivity index (χ0n) is 18.3. The molecule has 0 radical (unpaired) electrons. The molecule has 8 nitrogen and oxygen atoms in total. The summed E-state index contributed by atoms with van der Waals surface area (Å²) >= 11 is 5.10. The number of nitrogens with one attached hydrogen (secondary N) is 3. The Kier molecular flexibility index (Phi) is 11.4. The molecule has 4 N–H and O–H groups in total. The molecule has 2 rings (SSSR count). The Balaban J connectivity index is 1.83. The number of amides is 2. The molecular weight excluding hydrogens is 442 g/mol. The van der Waals surface area contributed by atoms with E-state index in [0.717, 1.165) is 5.56 Å². The first-order valence-corrected chi connectivity index (χ1v) is 11.2. The quantitative estimate of drug-likeness (QED) is 0.259. The molecule has 33 heavy (non-hydrogen) atoms. The molecule has 0 bridgehead atoms. The van der Waals surface area contributed by atoms with E-state index in [2.05, 4.69) is 16.0 Å². The van der Waals surface area contributed by atoms with Crippen molar-refractivity contribution < 1.29 is 24.2 Å². The van der Waals surface area contributed by atoms with E-state index in [1.54, 1.807) is 12.1 Å². The molecule has 2 aromatic carbocycles. The smallest absolute Gasteiger partial charge is 0.408 e. The van der Waals surface area contributed by atoms with Crippen LogP contribution < -0.4 is 16.0 Å². The van der Waals surface area contributed by atoms with Crippen molar-refractivity contribution in [2.24, 2.45) is 0 Å². The number of aliphatic carboxylic acids is 1. The van der Waals surface area contributed by atoms with Gasteiger partial charge in [0.2, 0.25) is 5.91 Å². The predicted octanol–water partition coefficient (Wildman–Crippen LogP) is 3.87. The van der Waals surface area contributed by atoms with Crippen LogP contribution in [0.4, 0.5) is 10.5 Å². The molecule has 0 aromatic heterocycles. The van der Waals surface area contributed by atoms with Crippen LogP contribution in [0.2, 0.25) is 0 Å². The molecule has 0 aliphatic carbocycles. The lowest BCUT2D eigenvalue weighted by Gasteiger charge is -2.18. The maximum Gasteiger partial charge on any atom is 0.408 e. The van der Waals surface area contributed by atoms with Gasteiger partial charge in [-0.2, -0.15) is 0 Å². The Hall–Kier alpha value is -3.46. The lowest BCUT2D eigenvalue weighted by Crippen LogP contribution is -2.44. The Morgan fingerprint density at radius 2 is 1.61 bits per heavy atom. The molecule has 0 saturated heterocycles. The van der Waals surface area contributed by atoms with Gasteiger partial charge in [-0.3, -0.25) is 9.59 Å². The van der Waals surface area contributed by atoms with Crippen molar-refractivity contribution in [3.8, 4) is 0 Å². The number of alkyl carbamates (subject to hydrolysis) is 1. The first-order chi connectivity index (χ1) is 15.9. The zero-order valence-corrected chi connectivity index (χ0v) is 19.1. The van der Waals surface area contributed by atoms with Crippen LogP contribution in [0.1, 0.15) is 37.7 Å². The molecule has 0 aliphatic rings. The fourth-order valence-electron chi connectivity index (χ4n) is 2.94. The number of hydrogen-bond donors (Lipinski definition) is 4. The average Bonchev–Trinajstić information content (AvgIpc) is 2.81. The van der Waals surface area contributed by atoms with Crippen molar-refractivity contribution in [1.29, 1.82) is 0 Å². The standard InChI is InChI=1S/C24H29N3O5S/c28-22(29)15-14-21(33)25-16-8-7-13-20(23(30)26-19-11-5-2-6-12-19)27-24(31)32-17-18-9-3-1-4-10-18/h1-6,9-12,20H,7-8,13-17H2,(H,25,33)(H,26,30)(H,27,31)(H,28,29)/t20-/m0/s1. The molecule has 0 heterocycles. The Labute approximate surface area is 198 Å². The maximum absolute atomic E-state index is 12.8. The van der Waals surface area contributed by atoms with Crippen LogP contribution in [0.3, 0.4) is 0 Å². The number of carbonyl (C=O) groups is 3. The SMILES string of the molecule is O=C(O)CCC(=S)NCCCC[C@H](NC(=O)OCc1ccccc1)C(=O)Nc1ccccc1. The van der Waals surface area contributed by atoms with Gasteiger partial charge in [-0.05, 0) is 37.0 Å². The van der Waals surface area contributed by atoms with Crippen molar-refractivity contribution in [3.63, 3.8) is 0 Å². The van der Waals surface area contributed by atoms with Gasteiger partial charge < -0.3 is 25.8 Å². The van der Waals surface area contributed by atoms with Gasteiger partial charge in [-0.15, -0.1) is 0 Å². The molecule has 1 atom stereocenters. The van der Waals surface area contributed by atoms with Crippen LogP contribution in [-0.4, -0.2) is 40.7 Å². The molecule has 0 saturated carbocycles. The van der Waals surface area contributed by atoms with E-state index in [-0.39, 0.29) is 18.9 Å². The van der Waals surface area contributed by atoms with E-state index in [1.165, 1.54) is 0 Å². The highest BCUT2D eigenvalue weighted by Gasteiger charge is 2.21. The number of para-hydroxylation sites is 1. The van der Waals surface area contributed by atoms with Crippen molar-refractivity contribution in [2.75, 3.05) is 11.9 Å². The summed E-state index contributed by atoms with van der Waals surface area (Å²) in [6, 6.07) is 17.5. The summed E-state index contributed by atoms with van der Waals surface area (Å²) in [5.74, 6) is -1.22. The molecule has 0 aliphatic heterocycles. The number of carbonyl (C=O) groups excluding carboxylic acids is 2. The topological polar surface area (TPSA) is 117 Å². The highest BCUT2D eigenvalue weighted by Crippen LogP contribution is 2.09. The number of anilines is 1. The number of carboxylic acids is 1. The number of unbranched alkanes of at least 4 members (excludes halogenated alkanes) is 1. The molecule has 2 amide bonds. The van der Waals surface area contributed by atoms with Gasteiger partial charge in [0.1, 0.15) is 12.6 Å². The molecule has 9 heteroatoms. The first kappa shape index (κ1) is 25.8. The monoisotopic (exact) mass is 471 g/mol. The normalized spacial score (nSPS) is 11.2. The molecule has 0 fully saturated rings. The second kappa shape index (κ2) is 14.6. The third-order valence-electron chi connectivity index (χ3n) is 4.67. The minimum atomic E-state index is -0.892. The summed E-state index contributed by atoms with van der Waals surface area (Å²) in [4.78, 5) is 36.2. The van der Waals surface area contributed by atoms with Crippen LogP contribution in [0.25, 0.3) is 0 Å². The van der Waals surface area contributed by atoms with Crippen LogP contribution in [0, 0.1) is 0 Å². The summed E-state index contributed by atoms with van der Waals surface area (Å²) in [5, 5.41) is 17.2. The Bertz CT molecular complexity index is 909. The van der Waals surface area contributed by atoms with Gasteiger partial charge >= 0.3 is 12.1 Å². The highest BCUT2D eigenvalue weighted by molar-refractivity contribution is 7.80. The fourth-order valence-corrected chi connectivity index (χ4v) is 3.14. The second-order valence-corrected chi connectivity index (χ2v) is 7.85. The molecule has 0 spiro atoms. The van der Waals surface area contributed by atoms with Crippen LogP contribution >= 0.6 is 12.2 Å². The van der Waals surface area contributed by atoms with Gasteiger partial charge in [-0.1, -0.05) is 60.7 Å². The Morgan fingerprint density at radius 1 is 0.939 bits per heavy atom. The van der Waals surface area contributed by atoms with E-state index >= 15 is 0 Å². The minimum absolute atomic E-state index is 0.0113. The van der Waals surface area contributed by atoms with Gasteiger partial charge in [0.25, 0.3) is 0 Å². The lowest BCUT2D eigenvalue weighted by atomic mass is 10.1. The van der Waals surface area contributed by atoms with Gasteiger partial charge in [0.15, 0.2) is 0 Å². The number of carboxylic acid groups (broad SMARTS) is 1. The van der Waals surface area contributed by atoms with E-state index < -0.39 is 18.1 Å². The van der Waals surface area contributed by atoms with Crippen molar-refractivity contribution >= 4 is 40.9 Å². The Morgan fingerprint density at radius 3 is 2.27 bits per heavy atom. The molecular formula is C24H29N3O5S. The van der Waals surface area contributed by atoms with Crippen molar-refractivity contribution in [2.45, 2.75) is 44.8 Å². The van der Waals surface area contributed by atoms with E-state index in [4.69, 9.17) is 22.1 Å². The summed E-state index contributed by atoms with van der Waals surface area (Å²) in [5.41, 5.74) is 1.49. The van der Waals surface area contributed by atoms with Gasteiger partial charge in [-0.25, -0.2) is 4.79 Å². The van der Waals surface area contributed by atoms with Crippen LogP contribution in [0.5, 0.6) is 0 Å². The summed E-state index contributed by atoms with van der Waals surface area (Å²) < 4.78 is 5.26. The number of hydrogen-bond acceptors (Lipinski definition) is 5. The van der Waals surface area contributed by atoms with E-state index in [0.29, 0.717) is 42.9 Å². The van der Waals surface area contributed by atoms with Crippen LogP contribution in [0.15, 0.2) is 60.7 Å². The van der Waals surface area contributed by atoms with Crippen molar-refractivity contribution in [1.82, 2.24) is 10.6 Å². The summed E-state index contributed by atoms with van der Waals surface area (Å²) in [6.07, 6.45) is 1.36. The second-order valence-electron chi connectivity index (χ2n) is 7.35. The number of rotatable bonds is 13. The maximum atomic E-state index is 12.8. The number of benzene rings is 2. The third kappa shape index (κ3) is 11.1. The first-order valence-electron chi connectivity index (χ1n) is 10.8. The van der Waals surface area contributed by atoms with E-state index in [1.807, 2.05) is 48.5 Å². The minimum Gasteiger partial charge on any atom is -0.481 e. The number of thiocarbonyl (C=S) groups is 1. The lowest BCUT2D eigenvalue weighted by molar-refractivity contribution is -0.136. The molecule has 176 valence electrons.